The van der Waals surface area contributed by atoms with Crippen LogP contribution in [0.4, 0.5) is 11.4 Å². The van der Waals surface area contributed by atoms with Gasteiger partial charge in [-0.2, -0.15) is 0 Å². The summed E-state index contributed by atoms with van der Waals surface area (Å²) in [5.74, 6) is 1.000. The van der Waals surface area contributed by atoms with Crippen molar-refractivity contribution in [1.82, 2.24) is 0 Å². The molecule has 3 rings (SSSR count). The Kier molecular flexibility index (Phi) is 5.49. The second-order valence-electron chi connectivity index (χ2n) is 6.16. The fraction of sp³-hybridized carbons (Fsp3) is 0.300. The third kappa shape index (κ3) is 3.97. The number of nitrogens with one attached hydrogen (secondary N) is 1. The molecule has 2 aromatic rings. The topological polar surface area (TPSA) is 77.1 Å². The maximum absolute atomic E-state index is 12.7. The van der Waals surface area contributed by atoms with E-state index in [-0.39, 0.29) is 18.2 Å². The molecule has 0 saturated carbocycles. The minimum Gasteiger partial charge on any atom is -0.497 e. The van der Waals surface area contributed by atoms with Crippen LogP contribution in [-0.4, -0.2) is 39.7 Å². The lowest BCUT2D eigenvalue weighted by Crippen LogP contribution is -2.28. The van der Waals surface area contributed by atoms with Crippen LogP contribution in [0.3, 0.4) is 0 Å². The molecule has 1 N–H and O–H groups in total. The summed E-state index contributed by atoms with van der Waals surface area (Å²) in [5.41, 5.74) is 1.22. The minimum atomic E-state index is -0.459. The Labute approximate surface area is 157 Å². The molecule has 1 saturated heterocycles. The van der Waals surface area contributed by atoms with Gasteiger partial charge in [0.2, 0.25) is 11.8 Å². The number of carbonyl (C=O) groups excluding carboxylic acids is 2. The van der Waals surface area contributed by atoms with E-state index in [1.807, 2.05) is 18.2 Å². The van der Waals surface area contributed by atoms with Crippen molar-refractivity contribution in [3.05, 3.63) is 42.5 Å². The SMILES string of the molecule is COc1cccc(N2CC(C(=O)Nc3cc(OC)ccc3OC)CC2=O)c1. The van der Waals surface area contributed by atoms with Crippen LogP contribution in [0.15, 0.2) is 42.5 Å². The van der Waals surface area contributed by atoms with Gasteiger partial charge >= 0.3 is 0 Å². The Morgan fingerprint density at radius 1 is 1.04 bits per heavy atom. The van der Waals surface area contributed by atoms with Crippen LogP contribution in [0.2, 0.25) is 0 Å². The van der Waals surface area contributed by atoms with E-state index in [9.17, 15) is 9.59 Å². The molecule has 2 amide bonds. The van der Waals surface area contributed by atoms with Gasteiger partial charge in [-0.15, -0.1) is 0 Å². The molecule has 0 aliphatic carbocycles. The first-order valence-electron chi connectivity index (χ1n) is 8.53. The fourth-order valence-electron chi connectivity index (χ4n) is 3.06. The molecule has 2 aromatic carbocycles. The van der Waals surface area contributed by atoms with Gasteiger partial charge in [-0.25, -0.2) is 0 Å². The highest BCUT2D eigenvalue weighted by Gasteiger charge is 2.35. The zero-order valence-corrected chi connectivity index (χ0v) is 15.5. The summed E-state index contributed by atoms with van der Waals surface area (Å²) in [7, 11) is 4.65. The van der Waals surface area contributed by atoms with Crippen LogP contribution in [0, 0.1) is 5.92 Å². The third-order valence-electron chi connectivity index (χ3n) is 4.53. The highest BCUT2D eigenvalue weighted by molar-refractivity contribution is 6.04. The van der Waals surface area contributed by atoms with Crippen LogP contribution in [0.5, 0.6) is 17.2 Å². The molecule has 1 aliphatic rings. The molecule has 1 heterocycles. The van der Waals surface area contributed by atoms with Crippen LogP contribution in [-0.2, 0) is 9.59 Å². The van der Waals surface area contributed by atoms with Crippen LogP contribution < -0.4 is 24.4 Å². The van der Waals surface area contributed by atoms with E-state index in [1.54, 1.807) is 43.4 Å². The Morgan fingerprint density at radius 3 is 2.48 bits per heavy atom. The number of methoxy groups -OCH3 is 3. The van der Waals surface area contributed by atoms with Gasteiger partial charge in [0, 0.05) is 30.8 Å². The second kappa shape index (κ2) is 7.99. The molecule has 0 spiro atoms. The molecule has 142 valence electrons. The van der Waals surface area contributed by atoms with Gasteiger partial charge in [0.1, 0.15) is 17.2 Å². The maximum Gasteiger partial charge on any atom is 0.229 e. The molecule has 1 unspecified atom stereocenters. The van der Waals surface area contributed by atoms with E-state index in [0.29, 0.717) is 35.2 Å². The molecule has 1 atom stereocenters. The number of hydrogen-bond acceptors (Lipinski definition) is 5. The van der Waals surface area contributed by atoms with Crippen LogP contribution in [0.25, 0.3) is 0 Å². The van der Waals surface area contributed by atoms with Crippen molar-refractivity contribution in [2.45, 2.75) is 6.42 Å². The molecule has 27 heavy (non-hydrogen) atoms. The van der Waals surface area contributed by atoms with Gasteiger partial charge in [0.15, 0.2) is 0 Å². The van der Waals surface area contributed by atoms with Crippen molar-refractivity contribution in [2.24, 2.45) is 5.92 Å². The molecule has 0 radical (unpaired) electrons. The zero-order valence-electron chi connectivity index (χ0n) is 15.5. The first-order valence-corrected chi connectivity index (χ1v) is 8.53. The summed E-state index contributed by atoms with van der Waals surface area (Å²) in [6.45, 7) is 0.310. The van der Waals surface area contributed by atoms with Crippen molar-refractivity contribution in [1.29, 1.82) is 0 Å². The summed E-state index contributed by atoms with van der Waals surface area (Å²) in [4.78, 5) is 26.7. The number of rotatable bonds is 6. The third-order valence-corrected chi connectivity index (χ3v) is 4.53. The lowest BCUT2D eigenvalue weighted by molar-refractivity contribution is -0.122. The number of anilines is 2. The monoisotopic (exact) mass is 370 g/mol. The van der Waals surface area contributed by atoms with Crippen molar-refractivity contribution >= 4 is 23.2 Å². The number of ether oxygens (including phenoxy) is 3. The molecular formula is C20H22N2O5. The highest BCUT2D eigenvalue weighted by Crippen LogP contribution is 2.32. The Morgan fingerprint density at radius 2 is 1.78 bits per heavy atom. The van der Waals surface area contributed by atoms with Gasteiger partial charge in [0.05, 0.1) is 32.9 Å². The summed E-state index contributed by atoms with van der Waals surface area (Å²) in [5, 5.41) is 2.85. The summed E-state index contributed by atoms with van der Waals surface area (Å²) in [6, 6.07) is 12.4. The van der Waals surface area contributed by atoms with Crippen molar-refractivity contribution < 1.29 is 23.8 Å². The molecule has 7 heteroatoms. The number of hydrogen-bond donors (Lipinski definition) is 1. The normalized spacial score (nSPS) is 16.2. The van der Waals surface area contributed by atoms with Crippen molar-refractivity contribution in [2.75, 3.05) is 38.1 Å². The summed E-state index contributed by atoms with van der Waals surface area (Å²) in [6.07, 6.45) is 0.148. The number of benzene rings is 2. The highest BCUT2D eigenvalue weighted by atomic mass is 16.5. The van der Waals surface area contributed by atoms with Crippen molar-refractivity contribution in [3.8, 4) is 17.2 Å². The Balaban J connectivity index is 1.74. The van der Waals surface area contributed by atoms with Crippen LogP contribution in [0.1, 0.15) is 6.42 Å². The smallest absolute Gasteiger partial charge is 0.229 e. The van der Waals surface area contributed by atoms with Gasteiger partial charge in [0.25, 0.3) is 0 Å². The van der Waals surface area contributed by atoms with Crippen LogP contribution >= 0.6 is 0 Å². The van der Waals surface area contributed by atoms with E-state index < -0.39 is 5.92 Å². The largest absolute Gasteiger partial charge is 0.497 e. The number of nitrogens with zero attached hydrogens (tertiary/aromatic N) is 1. The molecule has 0 aromatic heterocycles. The average Bonchev–Trinajstić information content (AvgIpc) is 3.09. The number of amides is 2. The Hall–Kier alpha value is -3.22. The standard InChI is InChI=1S/C20H22N2O5/c1-25-15-6-4-5-14(10-15)22-12-13(9-19(22)23)20(24)21-17-11-16(26-2)7-8-18(17)27-3/h4-8,10-11,13H,9,12H2,1-3H3,(H,21,24). The van der Waals surface area contributed by atoms with Gasteiger partial charge in [-0.05, 0) is 24.3 Å². The lowest BCUT2D eigenvalue weighted by atomic mass is 10.1. The van der Waals surface area contributed by atoms with E-state index in [1.165, 1.54) is 7.11 Å². The van der Waals surface area contributed by atoms with E-state index in [4.69, 9.17) is 14.2 Å². The van der Waals surface area contributed by atoms with Gasteiger partial charge in [-0.1, -0.05) is 6.07 Å². The second-order valence-corrected chi connectivity index (χ2v) is 6.16. The molecule has 1 fully saturated rings. The van der Waals surface area contributed by atoms with Gasteiger partial charge < -0.3 is 24.4 Å². The first kappa shape index (κ1) is 18.6. The fourth-order valence-corrected chi connectivity index (χ4v) is 3.06. The number of carbonyl (C=O) groups is 2. The average molecular weight is 370 g/mol. The molecule has 7 nitrogen and oxygen atoms in total. The first-order chi connectivity index (χ1) is 13.0. The minimum absolute atomic E-state index is 0.0963. The maximum atomic E-state index is 12.7. The van der Waals surface area contributed by atoms with E-state index >= 15 is 0 Å². The summed E-state index contributed by atoms with van der Waals surface area (Å²) < 4.78 is 15.7. The van der Waals surface area contributed by atoms with E-state index in [0.717, 1.165) is 0 Å². The quantitative estimate of drug-likeness (QED) is 0.846. The van der Waals surface area contributed by atoms with E-state index in [2.05, 4.69) is 5.32 Å². The zero-order chi connectivity index (χ0) is 19.4. The molecular weight excluding hydrogens is 348 g/mol. The molecule has 0 bridgehead atoms. The molecule has 1 aliphatic heterocycles. The van der Waals surface area contributed by atoms with Crippen molar-refractivity contribution in [3.63, 3.8) is 0 Å². The van der Waals surface area contributed by atoms with Gasteiger partial charge in [-0.3, -0.25) is 9.59 Å². The predicted octanol–water partition coefficient (Wildman–Crippen LogP) is 2.70. The Bertz CT molecular complexity index is 852. The summed E-state index contributed by atoms with van der Waals surface area (Å²) >= 11 is 0. The predicted molar refractivity (Wildman–Crippen MR) is 102 cm³/mol. The lowest BCUT2D eigenvalue weighted by Gasteiger charge is -2.18.